The molecule has 2 aromatic heterocycles. The highest BCUT2D eigenvalue weighted by Crippen LogP contribution is 2.22. The Morgan fingerprint density at radius 2 is 2.20 bits per heavy atom. The van der Waals surface area contributed by atoms with E-state index in [1.54, 1.807) is 11.3 Å². The van der Waals surface area contributed by atoms with Crippen LogP contribution in [0.5, 0.6) is 0 Å². The number of hydrogen-bond acceptors (Lipinski definition) is 5. The first-order valence-corrected chi connectivity index (χ1v) is 7.31. The number of aromatic nitrogens is 1. The lowest BCUT2D eigenvalue weighted by atomic mass is 10.1. The number of amides is 1. The fourth-order valence-corrected chi connectivity index (χ4v) is 2.44. The molecule has 2 heterocycles. The first-order chi connectivity index (χ1) is 9.35. The van der Waals surface area contributed by atoms with E-state index in [0.29, 0.717) is 0 Å². The second kappa shape index (κ2) is 5.76. The number of nitrogens with one attached hydrogen (secondary N) is 2. The number of fused-ring (bicyclic) bond motifs is 1. The molecule has 0 saturated carbocycles. The summed E-state index contributed by atoms with van der Waals surface area (Å²) >= 11 is 1.65. The van der Waals surface area contributed by atoms with Gasteiger partial charge in [0.25, 0.3) is 0 Å². The van der Waals surface area contributed by atoms with Crippen molar-refractivity contribution >= 4 is 27.6 Å². The van der Waals surface area contributed by atoms with Gasteiger partial charge in [0, 0.05) is 12.2 Å². The summed E-state index contributed by atoms with van der Waals surface area (Å²) in [6.07, 6.45) is 1.32. The van der Waals surface area contributed by atoms with E-state index < -0.39 is 11.7 Å². The zero-order valence-corrected chi connectivity index (χ0v) is 12.9. The predicted molar refractivity (Wildman–Crippen MR) is 80.5 cm³/mol. The third kappa shape index (κ3) is 3.91. The molecule has 0 aromatic carbocycles. The van der Waals surface area contributed by atoms with Crippen molar-refractivity contribution in [1.82, 2.24) is 15.8 Å². The van der Waals surface area contributed by atoms with Gasteiger partial charge < -0.3 is 4.74 Å². The Balaban J connectivity index is 1.94. The van der Waals surface area contributed by atoms with Crippen LogP contribution in [0.25, 0.3) is 10.2 Å². The fraction of sp³-hybridized carbons (Fsp3) is 0.429. The molecule has 20 heavy (non-hydrogen) atoms. The molecule has 108 valence electrons. The molecule has 2 rings (SSSR count). The lowest BCUT2D eigenvalue weighted by Crippen LogP contribution is -2.42. The summed E-state index contributed by atoms with van der Waals surface area (Å²) in [5.41, 5.74) is 6.96. The quantitative estimate of drug-likeness (QED) is 0.852. The third-order valence-corrected chi connectivity index (χ3v) is 3.47. The summed E-state index contributed by atoms with van der Waals surface area (Å²) in [5, 5.41) is 2.01. The average molecular weight is 293 g/mol. The molecule has 0 radical (unpaired) electrons. The van der Waals surface area contributed by atoms with Crippen molar-refractivity contribution in [3.05, 3.63) is 29.3 Å². The van der Waals surface area contributed by atoms with Gasteiger partial charge in [0.15, 0.2) is 0 Å². The molecule has 2 N–H and O–H groups in total. The van der Waals surface area contributed by atoms with Gasteiger partial charge in [-0.05, 0) is 50.8 Å². The number of nitrogens with zero attached hydrogens (tertiary/aromatic N) is 1. The van der Waals surface area contributed by atoms with Crippen LogP contribution in [0.2, 0.25) is 0 Å². The lowest BCUT2D eigenvalue weighted by Gasteiger charge is -2.21. The van der Waals surface area contributed by atoms with Crippen molar-refractivity contribution in [3.63, 3.8) is 0 Å². The molecule has 0 saturated heterocycles. The zero-order chi connectivity index (χ0) is 14.8. The summed E-state index contributed by atoms with van der Waals surface area (Å²) in [6, 6.07) is 4.00. The Kier molecular flexibility index (Phi) is 4.25. The van der Waals surface area contributed by atoms with Gasteiger partial charge in [-0.1, -0.05) is 0 Å². The van der Waals surface area contributed by atoms with Crippen molar-refractivity contribution in [1.29, 1.82) is 0 Å². The van der Waals surface area contributed by atoms with Crippen LogP contribution in [0.1, 0.15) is 39.3 Å². The highest BCUT2D eigenvalue weighted by atomic mass is 32.1. The summed E-state index contributed by atoms with van der Waals surface area (Å²) in [7, 11) is 0. The van der Waals surface area contributed by atoms with Crippen LogP contribution in [0.4, 0.5) is 4.79 Å². The van der Waals surface area contributed by atoms with Crippen LogP contribution in [0, 0.1) is 0 Å². The molecular weight excluding hydrogens is 274 g/mol. The van der Waals surface area contributed by atoms with Gasteiger partial charge in [-0.15, -0.1) is 11.3 Å². The van der Waals surface area contributed by atoms with Crippen LogP contribution in [-0.2, 0) is 4.74 Å². The molecule has 5 nitrogen and oxygen atoms in total. The molecule has 1 unspecified atom stereocenters. The Morgan fingerprint density at radius 3 is 2.90 bits per heavy atom. The minimum atomic E-state index is -0.508. The van der Waals surface area contributed by atoms with Crippen LogP contribution >= 0.6 is 11.3 Å². The normalized spacial score (nSPS) is 13.2. The Morgan fingerprint density at radius 1 is 1.45 bits per heavy atom. The molecule has 1 atom stereocenters. The molecule has 0 spiro atoms. The second-order valence-corrected chi connectivity index (χ2v) is 6.51. The van der Waals surface area contributed by atoms with Crippen LogP contribution in [0.15, 0.2) is 23.7 Å². The largest absolute Gasteiger partial charge is 0.443 e. The number of pyridine rings is 1. The molecule has 2 aromatic rings. The molecule has 1 amide bonds. The number of carbonyl (C=O) groups is 1. The SMILES string of the molecule is CC(NNC(=O)OC(C)(C)C)c1cnc2ccsc2c1. The lowest BCUT2D eigenvalue weighted by molar-refractivity contribution is 0.0489. The van der Waals surface area contributed by atoms with Gasteiger partial charge in [0.05, 0.1) is 10.2 Å². The standard InChI is InChI=1S/C14H19N3O2S/c1-9(16-17-13(18)19-14(2,3)4)10-7-12-11(15-8-10)5-6-20-12/h5-9,16H,1-4H3,(H,17,18). The first kappa shape index (κ1) is 14.7. The van der Waals surface area contributed by atoms with Crippen LogP contribution in [-0.4, -0.2) is 16.7 Å². The first-order valence-electron chi connectivity index (χ1n) is 6.43. The summed E-state index contributed by atoms with van der Waals surface area (Å²) in [6.45, 7) is 7.42. The van der Waals surface area contributed by atoms with Gasteiger partial charge in [-0.25, -0.2) is 10.2 Å². The number of ether oxygens (including phenoxy) is 1. The third-order valence-electron chi connectivity index (χ3n) is 2.61. The van der Waals surface area contributed by atoms with Gasteiger partial charge in [-0.3, -0.25) is 10.4 Å². The predicted octanol–water partition coefficient (Wildman–Crippen LogP) is 3.39. The van der Waals surface area contributed by atoms with Gasteiger partial charge in [0.1, 0.15) is 5.60 Å². The van der Waals surface area contributed by atoms with Gasteiger partial charge in [0.2, 0.25) is 0 Å². The van der Waals surface area contributed by atoms with Crippen molar-refractivity contribution in [2.45, 2.75) is 39.3 Å². The van der Waals surface area contributed by atoms with Crippen molar-refractivity contribution < 1.29 is 9.53 Å². The molecule has 0 aliphatic rings. The minimum absolute atomic E-state index is 0.0541. The van der Waals surface area contributed by atoms with Gasteiger partial charge >= 0.3 is 6.09 Å². The molecule has 0 aliphatic heterocycles. The van der Waals surface area contributed by atoms with E-state index in [4.69, 9.17) is 4.74 Å². The second-order valence-electron chi connectivity index (χ2n) is 5.57. The maximum absolute atomic E-state index is 11.6. The number of rotatable bonds is 3. The number of hydrogen-bond donors (Lipinski definition) is 2. The van der Waals surface area contributed by atoms with E-state index >= 15 is 0 Å². The monoisotopic (exact) mass is 293 g/mol. The highest BCUT2D eigenvalue weighted by Gasteiger charge is 2.16. The minimum Gasteiger partial charge on any atom is -0.443 e. The Labute approximate surface area is 122 Å². The number of hydrazine groups is 1. The number of carbonyl (C=O) groups excluding carboxylic acids is 1. The zero-order valence-electron chi connectivity index (χ0n) is 12.1. The van der Waals surface area contributed by atoms with Crippen LogP contribution < -0.4 is 10.9 Å². The smallest absolute Gasteiger partial charge is 0.422 e. The Bertz CT molecular complexity index is 604. The van der Waals surface area contributed by atoms with Gasteiger partial charge in [-0.2, -0.15) is 0 Å². The van der Waals surface area contributed by atoms with E-state index in [0.717, 1.165) is 15.8 Å². The fourth-order valence-electron chi connectivity index (χ4n) is 1.65. The van der Waals surface area contributed by atoms with E-state index in [1.165, 1.54) is 0 Å². The summed E-state index contributed by atoms with van der Waals surface area (Å²) in [5.74, 6) is 0. The van der Waals surface area contributed by atoms with E-state index in [1.807, 2.05) is 45.3 Å². The summed E-state index contributed by atoms with van der Waals surface area (Å²) in [4.78, 5) is 15.9. The van der Waals surface area contributed by atoms with E-state index in [-0.39, 0.29) is 6.04 Å². The Hall–Kier alpha value is -1.66. The summed E-state index contributed by atoms with van der Waals surface area (Å²) < 4.78 is 6.29. The van der Waals surface area contributed by atoms with E-state index in [9.17, 15) is 4.79 Å². The van der Waals surface area contributed by atoms with Crippen molar-refractivity contribution in [2.24, 2.45) is 0 Å². The molecule has 0 fully saturated rings. The molecule has 0 aliphatic carbocycles. The van der Waals surface area contributed by atoms with Crippen molar-refractivity contribution in [3.8, 4) is 0 Å². The average Bonchev–Trinajstić information content (AvgIpc) is 2.80. The molecule has 0 bridgehead atoms. The maximum Gasteiger partial charge on any atom is 0.422 e. The van der Waals surface area contributed by atoms with Crippen LogP contribution in [0.3, 0.4) is 0 Å². The van der Waals surface area contributed by atoms with E-state index in [2.05, 4.69) is 21.9 Å². The number of thiophene rings is 1. The topological polar surface area (TPSA) is 63.2 Å². The molecule has 6 heteroatoms. The highest BCUT2D eigenvalue weighted by molar-refractivity contribution is 7.17. The molecular formula is C14H19N3O2S. The maximum atomic E-state index is 11.6. The van der Waals surface area contributed by atoms with Crippen molar-refractivity contribution in [2.75, 3.05) is 0 Å².